The maximum Gasteiger partial charge on any atom is 0.146 e. The minimum Gasteiger partial charge on any atom is -0.389 e. The highest BCUT2D eigenvalue weighted by atomic mass is 19.1. The number of rotatable bonds is 7. The van der Waals surface area contributed by atoms with E-state index in [0.717, 1.165) is 25.0 Å². The summed E-state index contributed by atoms with van der Waals surface area (Å²) in [7, 11) is 0. The molecule has 2 rings (SSSR count). The van der Waals surface area contributed by atoms with Gasteiger partial charge >= 0.3 is 0 Å². The molecule has 20 heavy (non-hydrogen) atoms. The van der Waals surface area contributed by atoms with Crippen molar-refractivity contribution < 1.29 is 19.0 Å². The minimum absolute atomic E-state index is 0.157. The average Bonchev–Trinajstić information content (AvgIpc) is 2.91. The summed E-state index contributed by atoms with van der Waals surface area (Å²) in [6, 6.07) is 4.96. The third-order valence-electron chi connectivity index (χ3n) is 3.29. The molecule has 0 aliphatic carbocycles. The summed E-state index contributed by atoms with van der Waals surface area (Å²) in [6.45, 7) is 3.62. The van der Waals surface area contributed by atoms with Gasteiger partial charge in [0.25, 0.3) is 0 Å². The van der Waals surface area contributed by atoms with Gasteiger partial charge in [-0.15, -0.1) is 0 Å². The molecule has 1 fully saturated rings. The van der Waals surface area contributed by atoms with E-state index < -0.39 is 6.10 Å². The fourth-order valence-electron chi connectivity index (χ4n) is 2.16. The van der Waals surface area contributed by atoms with E-state index in [4.69, 9.17) is 9.47 Å². The maximum absolute atomic E-state index is 13.6. The smallest absolute Gasteiger partial charge is 0.146 e. The molecule has 0 bridgehead atoms. The van der Waals surface area contributed by atoms with Crippen LogP contribution in [0.25, 0.3) is 0 Å². The lowest BCUT2D eigenvalue weighted by Crippen LogP contribution is -2.27. The Morgan fingerprint density at radius 2 is 2.40 bits per heavy atom. The fourth-order valence-corrected chi connectivity index (χ4v) is 2.16. The van der Waals surface area contributed by atoms with Crippen LogP contribution < -0.4 is 5.32 Å². The first-order chi connectivity index (χ1) is 9.65. The normalized spacial score (nSPS) is 20.1. The third kappa shape index (κ3) is 4.74. The van der Waals surface area contributed by atoms with Gasteiger partial charge in [0.05, 0.1) is 31.1 Å². The number of hydrogen-bond acceptors (Lipinski definition) is 4. The summed E-state index contributed by atoms with van der Waals surface area (Å²) < 4.78 is 24.4. The number of aliphatic hydroxyl groups is 1. The largest absolute Gasteiger partial charge is 0.389 e. The van der Waals surface area contributed by atoms with Gasteiger partial charge in [-0.05, 0) is 37.5 Å². The molecule has 1 aliphatic rings. The number of benzene rings is 1. The van der Waals surface area contributed by atoms with E-state index in [2.05, 4.69) is 5.32 Å². The Hall–Kier alpha value is -1.17. The summed E-state index contributed by atoms with van der Waals surface area (Å²) in [6.07, 6.45) is 1.58. The number of aliphatic hydroxyl groups excluding tert-OH is 1. The summed E-state index contributed by atoms with van der Waals surface area (Å²) in [5.41, 5.74) is 1.27. The second kappa shape index (κ2) is 7.57. The molecular weight excluding hydrogens is 261 g/mol. The number of aryl methyl sites for hydroxylation is 1. The highest BCUT2D eigenvalue weighted by Gasteiger charge is 2.16. The molecule has 0 aromatic heterocycles. The van der Waals surface area contributed by atoms with Crippen LogP contribution >= 0.6 is 0 Å². The minimum atomic E-state index is -0.669. The lowest BCUT2D eigenvalue weighted by Gasteiger charge is -2.15. The van der Waals surface area contributed by atoms with Gasteiger partial charge in [-0.2, -0.15) is 0 Å². The number of hydrogen-bond donors (Lipinski definition) is 2. The highest BCUT2D eigenvalue weighted by Crippen LogP contribution is 2.15. The third-order valence-corrected chi connectivity index (χ3v) is 3.29. The monoisotopic (exact) mass is 283 g/mol. The summed E-state index contributed by atoms with van der Waals surface area (Å²) in [4.78, 5) is 0. The maximum atomic E-state index is 13.6. The van der Waals surface area contributed by atoms with Crippen molar-refractivity contribution in [2.45, 2.75) is 32.0 Å². The van der Waals surface area contributed by atoms with Gasteiger partial charge in [0.15, 0.2) is 0 Å². The molecular formula is C15H22FNO3. The predicted octanol–water partition coefficient (Wildman–Crippen LogP) is 2.10. The second-order valence-electron chi connectivity index (χ2n) is 5.19. The van der Waals surface area contributed by atoms with Crippen LogP contribution in [-0.4, -0.2) is 43.7 Å². The van der Waals surface area contributed by atoms with Crippen molar-refractivity contribution in [3.05, 3.63) is 29.6 Å². The molecule has 112 valence electrons. The van der Waals surface area contributed by atoms with E-state index >= 15 is 0 Å². The van der Waals surface area contributed by atoms with Gasteiger partial charge in [-0.3, -0.25) is 0 Å². The van der Waals surface area contributed by atoms with Gasteiger partial charge in [0, 0.05) is 13.2 Å². The molecule has 1 aliphatic heterocycles. The van der Waals surface area contributed by atoms with Crippen LogP contribution in [0.5, 0.6) is 0 Å². The molecule has 0 amide bonds. The van der Waals surface area contributed by atoms with Crippen molar-refractivity contribution in [1.29, 1.82) is 0 Å². The lowest BCUT2D eigenvalue weighted by atomic mass is 10.2. The van der Waals surface area contributed by atoms with Crippen molar-refractivity contribution in [3.8, 4) is 0 Å². The Morgan fingerprint density at radius 1 is 1.55 bits per heavy atom. The van der Waals surface area contributed by atoms with Crippen LogP contribution in [0.4, 0.5) is 10.1 Å². The molecule has 1 aromatic carbocycles. The van der Waals surface area contributed by atoms with Crippen molar-refractivity contribution in [1.82, 2.24) is 0 Å². The van der Waals surface area contributed by atoms with Crippen LogP contribution in [0.1, 0.15) is 18.4 Å². The number of anilines is 1. The van der Waals surface area contributed by atoms with Gasteiger partial charge in [0.2, 0.25) is 0 Å². The van der Waals surface area contributed by atoms with E-state index in [-0.39, 0.29) is 25.1 Å². The number of ether oxygens (including phenoxy) is 2. The van der Waals surface area contributed by atoms with Crippen LogP contribution in [0.15, 0.2) is 18.2 Å². The molecule has 1 heterocycles. The van der Waals surface area contributed by atoms with Gasteiger partial charge in [-0.1, -0.05) is 6.07 Å². The van der Waals surface area contributed by atoms with Crippen molar-refractivity contribution >= 4 is 5.69 Å². The molecule has 0 spiro atoms. The van der Waals surface area contributed by atoms with Crippen molar-refractivity contribution in [2.24, 2.45) is 0 Å². The summed E-state index contributed by atoms with van der Waals surface area (Å²) in [5, 5.41) is 12.7. The van der Waals surface area contributed by atoms with E-state index in [0.29, 0.717) is 12.3 Å². The number of halogens is 1. The number of nitrogens with one attached hydrogen (secondary N) is 1. The predicted molar refractivity (Wildman–Crippen MR) is 75.4 cm³/mol. The standard InChI is InChI=1S/C15H22FNO3/c1-11-4-5-15(14(16)7-11)17-8-12(18)9-19-10-13-3-2-6-20-13/h4-5,7,12-13,17-18H,2-3,6,8-10H2,1H3. The molecule has 4 nitrogen and oxygen atoms in total. The summed E-state index contributed by atoms with van der Waals surface area (Å²) >= 11 is 0. The van der Waals surface area contributed by atoms with Crippen molar-refractivity contribution in [3.63, 3.8) is 0 Å². The average molecular weight is 283 g/mol. The van der Waals surface area contributed by atoms with Gasteiger partial charge < -0.3 is 19.9 Å². The molecule has 1 aromatic rings. The van der Waals surface area contributed by atoms with Crippen LogP contribution in [0, 0.1) is 12.7 Å². The molecule has 2 N–H and O–H groups in total. The topological polar surface area (TPSA) is 50.7 Å². The Bertz CT molecular complexity index is 422. The first-order valence-corrected chi connectivity index (χ1v) is 7.02. The van der Waals surface area contributed by atoms with Crippen LogP contribution in [0.2, 0.25) is 0 Å². The first kappa shape index (κ1) is 15.2. The van der Waals surface area contributed by atoms with Gasteiger partial charge in [0.1, 0.15) is 5.82 Å². The molecule has 2 atom stereocenters. The van der Waals surface area contributed by atoms with E-state index in [9.17, 15) is 9.50 Å². The van der Waals surface area contributed by atoms with E-state index in [1.807, 2.05) is 13.0 Å². The second-order valence-corrected chi connectivity index (χ2v) is 5.19. The van der Waals surface area contributed by atoms with Crippen LogP contribution in [0.3, 0.4) is 0 Å². The zero-order valence-corrected chi connectivity index (χ0v) is 11.8. The molecule has 1 saturated heterocycles. The molecule has 0 radical (unpaired) electrons. The Kier molecular flexibility index (Phi) is 5.76. The summed E-state index contributed by atoms with van der Waals surface area (Å²) in [5.74, 6) is -0.308. The van der Waals surface area contributed by atoms with Gasteiger partial charge in [-0.25, -0.2) is 4.39 Å². The van der Waals surface area contributed by atoms with E-state index in [1.54, 1.807) is 6.07 Å². The fraction of sp³-hybridized carbons (Fsp3) is 0.600. The Balaban J connectivity index is 1.65. The molecule has 5 heteroatoms. The highest BCUT2D eigenvalue weighted by molar-refractivity contribution is 5.46. The molecule has 0 saturated carbocycles. The zero-order chi connectivity index (χ0) is 14.4. The first-order valence-electron chi connectivity index (χ1n) is 7.02. The quantitative estimate of drug-likeness (QED) is 0.804. The lowest BCUT2D eigenvalue weighted by molar-refractivity contribution is -0.0137. The van der Waals surface area contributed by atoms with E-state index in [1.165, 1.54) is 6.07 Å². The van der Waals surface area contributed by atoms with Crippen LogP contribution in [-0.2, 0) is 9.47 Å². The van der Waals surface area contributed by atoms with Crippen molar-refractivity contribution in [2.75, 3.05) is 31.7 Å². The Morgan fingerprint density at radius 3 is 3.10 bits per heavy atom. The Labute approximate surface area is 118 Å². The zero-order valence-electron chi connectivity index (χ0n) is 11.8. The SMILES string of the molecule is Cc1ccc(NCC(O)COCC2CCCO2)c(F)c1. The molecule has 2 unspecified atom stereocenters.